The first kappa shape index (κ1) is 18.8. The third-order valence-corrected chi connectivity index (χ3v) is 5.73. The van der Waals surface area contributed by atoms with Crippen molar-refractivity contribution in [3.63, 3.8) is 0 Å². The van der Waals surface area contributed by atoms with Gasteiger partial charge in [-0.3, -0.25) is 14.7 Å². The molecular formula is C21H28N4O3. The minimum Gasteiger partial charge on any atom is -0.497 e. The van der Waals surface area contributed by atoms with Crippen molar-refractivity contribution >= 4 is 5.95 Å². The van der Waals surface area contributed by atoms with E-state index in [2.05, 4.69) is 14.8 Å². The number of hydrogen-bond acceptors (Lipinski definition) is 6. The number of H-pyrrole nitrogens is 1. The van der Waals surface area contributed by atoms with Crippen LogP contribution in [0.15, 0.2) is 23.0 Å². The molecule has 0 atom stereocenters. The van der Waals surface area contributed by atoms with Crippen LogP contribution in [0.4, 0.5) is 5.95 Å². The minimum absolute atomic E-state index is 0.0239. The van der Waals surface area contributed by atoms with Crippen LogP contribution in [0.2, 0.25) is 0 Å². The predicted octanol–water partition coefficient (Wildman–Crippen LogP) is 1.99. The van der Waals surface area contributed by atoms with Crippen LogP contribution < -0.4 is 19.9 Å². The fourth-order valence-corrected chi connectivity index (χ4v) is 4.10. The summed E-state index contributed by atoms with van der Waals surface area (Å²) in [5.74, 6) is 2.36. The fourth-order valence-electron chi connectivity index (χ4n) is 4.10. The van der Waals surface area contributed by atoms with Gasteiger partial charge in [0.25, 0.3) is 5.56 Å². The molecule has 1 fully saturated rings. The van der Waals surface area contributed by atoms with Gasteiger partial charge in [0.15, 0.2) is 0 Å². The molecule has 0 aliphatic carbocycles. The molecule has 0 unspecified atom stereocenters. The first-order chi connectivity index (χ1) is 13.7. The lowest BCUT2D eigenvalue weighted by atomic mass is 10.1. The summed E-state index contributed by atoms with van der Waals surface area (Å²) < 4.78 is 10.8. The molecule has 1 aromatic heterocycles. The molecule has 3 heterocycles. The third kappa shape index (κ3) is 3.85. The molecule has 150 valence electrons. The van der Waals surface area contributed by atoms with Gasteiger partial charge in [-0.1, -0.05) is 6.07 Å². The van der Waals surface area contributed by atoms with Crippen molar-refractivity contribution in [2.45, 2.75) is 32.2 Å². The zero-order valence-electron chi connectivity index (χ0n) is 16.7. The summed E-state index contributed by atoms with van der Waals surface area (Å²) in [5.41, 5.74) is 2.94. The Morgan fingerprint density at radius 2 is 1.86 bits per heavy atom. The summed E-state index contributed by atoms with van der Waals surface area (Å²) in [7, 11) is 3.33. The molecule has 0 amide bonds. The van der Waals surface area contributed by atoms with Crippen molar-refractivity contribution in [1.82, 2.24) is 14.9 Å². The van der Waals surface area contributed by atoms with Crippen LogP contribution in [0.3, 0.4) is 0 Å². The molecule has 1 aromatic carbocycles. The quantitative estimate of drug-likeness (QED) is 0.850. The van der Waals surface area contributed by atoms with E-state index in [-0.39, 0.29) is 5.56 Å². The number of rotatable bonds is 5. The number of benzene rings is 1. The monoisotopic (exact) mass is 384 g/mol. The van der Waals surface area contributed by atoms with Gasteiger partial charge in [-0.05, 0) is 25.3 Å². The number of fused-ring (bicyclic) bond motifs is 1. The number of anilines is 1. The molecule has 0 radical (unpaired) electrons. The molecular weight excluding hydrogens is 356 g/mol. The van der Waals surface area contributed by atoms with E-state index in [9.17, 15) is 4.79 Å². The maximum absolute atomic E-state index is 12.7. The lowest BCUT2D eigenvalue weighted by molar-refractivity contribution is 0.273. The topological polar surface area (TPSA) is 70.7 Å². The highest BCUT2D eigenvalue weighted by molar-refractivity contribution is 5.41. The van der Waals surface area contributed by atoms with Gasteiger partial charge in [0.05, 0.1) is 19.9 Å². The van der Waals surface area contributed by atoms with E-state index in [0.29, 0.717) is 0 Å². The third-order valence-electron chi connectivity index (χ3n) is 5.73. The average molecular weight is 384 g/mol. The average Bonchev–Trinajstić information content (AvgIpc) is 3.18. The van der Waals surface area contributed by atoms with Crippen LogP contribution in [0, 0.1) is 0 Å². The number of aromatic amines is 1. The fraction of sp³-hybridized carbons (Fsp3) is 0.524. The van der Waals surface area contributed by atoms with E-state index in [1.807, 2.05) is 18.2 Å². The molecule has 7 heteroatoms. The van der Waals surface area contributed by atoms with E-state index in [0.717, 1.165) is 92.7 Å². The highest BCUT2D eigenvalue weighted by Crippen LogP contribution is 2.26. The van der Waals surface area contributed by atoms with Gasteiger partial charge in [-0.15, -0.1) is 0 Å². The van der Waals surface area contributed by atoms with Crippen LogP contribution >= 0.6 is 0 Å². The molecule has 1 saturated heterocycles. The molecule has 0 spiro atoms. The zero-order chi connectivity index (χ0) is 19.5. The second-order valence-corrected chi connectivity index (χ2v) is 7.46. The first-order valence-electron chi connectivity index (χ1n) is 9.98. The summed E-state index contributed by atoms with van der Waals surface area (Å²) in [6, 6.07) is 5.92. The summed E-state index contributed by atoms with van der Waals surface area (Å²) >= 11 is 0. The van der Waals surface area contributed by atoms with Crippen molar-refractivity contribution in [3.05, 3.63) is 45.4 Å². The Morgan fingerprint density at radius 1 is 1.07 bits per heavy atom. The van der Waals surface area contributed by atoms with E-state index in [1.54, 1.807) is 14.2 Å². The normalized spacial score (nSPS) is 17.3. The van der Waals surface area contributed by atoms with Crippen molar-refractivity contribution < 1.29 is 9.47 Å². The number of hydrogen-bond donors (Lipinski definition) is 1. The molecule has 28 heavy (non-hydrogen) atoms. The Bertz CT molecular complexity index is 890. The van der Waals surface area contributed by atoms with Crippen LogP contribution in [-0.2, 0) is 19.4 Å². The van der Waals surface area contributed by atoms with Crippen molar-refractivity contribution in [2.24, 2.45) is 0 Å². The molecule has 1 N–H and O–H groups in total. The van der Waals surface area contributed by atoms with Gasteiger partial charge in [-0.2, -0.15) is 0 Å². The largest absolute Gasteiger partial charge is 0.497 e. The smallest absolute Gasteiger partial charge is 0.255 e. The van der Waals surface area contributed by atoms with E-state index in [4.69, 9.17) is 14.5 Å². The van der Waals surface area contributed by atoms with Crippen molar-refractivity contribution in [3.8, 4) is 11.5 Å². The van der Waals surface area contributed by atoms with Gasteiger partial charge in [0, 0.05) is 56.3 Å². The van der Waals surface area contributed by atoms with Crippen LogP contribution in [0.25, 0.3) is 0 Å². The Hall–Kier alpha value is -2.54. The Balaban J connectivity index is 1.50. The predicted molar refractivity (Wildman–Crippen MR) is 109 cm³/mol. The summed E-state index contributed by atoms with van der Waals surface area (Å²) in [6.07, 6.45) is 3.84. The maximum atomic E-state index is 12.7. The molecule has 7 nitrogen and oxygen atoms in total. The highest BCUT2D eigenvalue weighted by atomic mass is 16.5. The second-order valence-electron chi connectivity index (χ2n) is 7.46. The van der Waals surface area contributed by atoms with Gasteiger partial charge >= 0.3 is 0 Å². The van der Waals surface area contributed by atoms with Gasteiger partial charge in [0.2, 0.25) is 5.95 Å². The van der Waals surface area contributed by atoms with Crippen molar-refractivity contribution in [2.75, 3.05) is 45.3 Å². The van der Waals surface area contributed by atoms with Crippen LogP contribution in [-0.4, -0.2) is 55.3 Å². The van der Waals surface area contributed by atoms with Gasteiger partial charge in [-0.25, -0.2) is 4.98 Å². The lowest BCUT2D eigenvalue weighted by Crippen LogP contribution is -2.27. The summed E-state index contributed by atoms with van der Waals surface area (Å²) in [4.78, 5) is 25.0. The second kappa shape index (κ2) is 8.22. The summed E-state index contributed by atoms with van der Waals surface area (Å²) in [6.45, 7) is 4.43. The molecule has 0 bridgehead atoms. The van der Waals surface area contributed by atoms with E-state index >= 15 is 0 Å². The number of aromatic nitrogens is 2. The Labute approximate surface area is 165 Å². The number of ether oxygens (including phenoxy) is 2. The van der Waals surface area contributed by atoms with Crippen molar-refractivity contribution in [1.29, 1.82) is 0 Å². The number of nitrogens with one attached hydrogen (secondary N) is 1. The molecule has 0 saturated carbocycles. The molecule has 4 rings (SSSR count). The molecule has 2 aliphatic heterocycles. The zero-order valence-corrected chi connectivity index (χ0v) is 16.7. The minimum atomic E-state index is 0.0239. The Kier molecular flexibility index (Phi) is 5.52. The lowest BCUT2D eigenvalue weighted by Gasteiger charge is -2.21. The standard InChI is InChI=1S/C21H28N4O3/c1-27-16-6-5-15(19(13-16)28-2)14-24-11-7-17-18(8-12-24)22-21(23-20(17)26)25-9-3-4-10-25/h5-6,13H,3-4,7-12,14H2,1-2H3,(H,22,23,26). The van der Waals surface area contributed by atoms with E-state index in [1.165, 1.54) is 0 Å². The summed E-state index contributed by atoms with van der Waals surface area (Å²) in [5, 5.41) is 0. The van der Waals surface area contributed by atoms with Crippen LogP contribution in [0.1, 0.15) is 29.7 Å². The SMILES string of the molecule is COc1ccc(CN2CCc3nc(N4CCCC4)[nH]c(=O)c3CC2)c(OC)c1. The van der Waals surface area contributed by atoms with Gasteiger partial charge in [0.1, 0.15) is 11.5 Å². The molecule has 2 aliphatic rings. The van der Waals surface area contributed by atoms with Gasteiger partial charge < -0.3 is 14.4 Å². The maximum Gasteiger partial charge on any atom is 0.255 e. The Morgan fingerprint density at radius 3 is 2.61 bits per heavy atom. The van der Waals surface area contributed by atoms with Crippen LogP contribution in [0.5, 0.6) is 11.5 Å². The highest BCUT2D eigenvalue weighted by Gasteiger charge is 2.22. The van der Waals surface area contributed by atoms with E-state index < -0.39 is 0 Å². The molecule has 2 aromatic rings. The number of nitrogens with zero attached hydrogens (tertiary/aromatic N) is 3. The first-order valence-corrected chi connectivity index (χ1v) is 9.98. The number of methoxy groups -OCH3 is 2.